The van der Waals surface area contributed by atoms with Gasteiger partial charge in [-0.05, 0) is 19.8 Å². The average molecular weight is 129 g/mol. The Kier molecular flexibility index (Phi) is 1.71. The summed E-state index contributed by atoms with van der Waals surface area (Å²) in [6.45, 7) is 1.47. The maximum atomic E-state index is 10.6. The molecule has 0 radical (unpaired) electrons. The predicted molar refractivity (Wildman–Crippen MR) is 32.8 cm³/mol. The molecule has 0 heterocycles. The van der Waals surface area contributed by atoms with Gasteiger partial charge >= 0.3 is 0 Å². The number of carbonyl (C=O) groups excluding carboxylic acids is 1. The monoisotopic (exact) mass is 129 g/mol. The van der Waals surface area contributed by atoms with Gasteiger partial charge in [0.15, 0.2) is 0 Å². The van der Waals surface area contributed by atoms with Gasteiger partial charge in [0.1, 0.15) is 6.10 Å². The Hall–Kier alpha value is -0.570. The average Bonchev–Trinajstić information content (AvgIpc) is 2.50. The first-order valence-corrected chi connectivity index (χ1v) is 3.18. The molecule has 0 aromatic rings. The molecule has 1 aliphatic rings. The number of hydrogen-bond donors (Lipinski definition) is 2. The maximum Gasteiger partial charge on any atom is 0.248 e. The maximum absolute atomic E-state index is 10.6. The van der Waals surface area contributed by atoms with E-state index in [0.29, 0.717) is 6.04 Å². The largest absolute Gasteiger partial charge is 0.384 e. The number of nitrogens with one attached hydrogen (secondary N) is 1. The molecule has 0 aromatic carbocycles. The van der Waals surface area contributed by atoms with Crippen molar-refractivity contribution in [3.8, 4) is 0 Å². The Morgan fingerprint density at radius 2 is 2.33 bits per heavy atom. The van der Waals surface area contributed by atoms with E-state index in [1.165, 1.54) is 6.92 Å². The minimum Gasteiger partial charge on any atom is -0.384 e. The summed E-state index contributed by atoms with van der Waals surface area (Å²) in [5.74, 6) is -0.252. The van der Waals surface area contributed by atoms with Gasteiger partial charge in [-0.15, -0.1) is 0 Å². The van der Waals surface area contributed by atoms with Crippen LogP contribution in [0.25, 0.3) is 0 Å². The van der Waals surface area contributed by atoms with Crippen molar-refractivity contribution in [2.24, 2.45) is 0 Å². The Balaban J connectivity index is 2.17. The third-order valence-electron chi connectivity index (χ3n) is 1.30. The molecule has 1 aliphatic carbocycles. The molecule has 0 bridgehead atoms. The van der Waals surface area contributed by atoms with Crippen LogP contribution in [-0.2, 0) is 4.79 Å². The van der Waals surface area contributed by atoms with E-state index >= 15 is 0 Å². The van der Waals surface area contributed by atoms with Crippen molar-refractivity contribution in [3.63, 3.8) is 0 Å². The molecule has 0 spiro atoms. The minimum absolute atomic E-state index is 0.252. The molecule has 0 saturated heterocycles. The fraction of sp³-hybridized carbons (Fsp3) is 0.833. The van der Waals surface area contributed by atoms with Crippen LogP contribution in [0, 0.1) is 0 Å². The topological polar surface area (TPSA) is 49.3 Å². The van der Waals surface area contributed by atoms with Crippen LogP contribution in [0.5, 0.6) is 0 Å². The van der Waals surface area contributed by atoms with Gasteiger partial charge in [0.25, 0.3) is 0 Å². The lowest BCUT2D eigenvalue weighted by atomic mass is 10.4. The standard InChI is InChI=1S/C6H11NO2/c1-4(8)6(9)7-5-2-3-5/h4-5,8H,2-3H2,1H3,(H,7,9). The van der Waals surface area contributed by atoms with E-state index in [0.717, 1.165) is 12.8 Å². The highest BCUT2D eigenvalue weighted by Gasteiger charge is 2.24. The molecule has 1 unspecified atom stereocenters. The van der Waals surface area contributed by atoms with Crippen molar-refractivity contribution in [2.45, 2.75) is 31.9 Å². The third kappa shape index (κ3) is 2.01. The molecule has 1 amide bonds. The first-order chi connectivity index (χ1) is 4.20. The molecule has 3 nitrogen and oxygen atoms in total. The lowest BCUT2D eigenvalue weighted by Crippen LogP contribution is -2.33. The predicted octanol–water partition coefficient (Wildman–Crippen LogP) is -0.354. The first kappa shape index (κ1) is 6.55. The molecular weight excluding hydrogens is 118 g/mol. The van der Waals surface area contributed by atoms with E-state index in [2.05, 4.69) is 5.32 Å². The van der Waals surface area contributed by atoms with Gasteiger partial charge in [-0.1, -0.05) is 0 Å². The molecule has 1 atom stereocenters. The molecule has 1 rings (SSSR count). The summed E-state index contributed by atoms with van der Waals surface area (Å²) < 4.78 is 0. The number of carbonyl (C=O) groups is 1. The molecule has 2 N–H and O–H groups in total. The van der Waals surface area contributed by atoms with Crippen LogP contribution in [0.2, 0.25) is 0 Å². The zero-order chi connectivity index (χ0) is 6.85. The summed E-state index contributed by atoms with van der Waals surface area (Å²) in [5, 5.41) is 11.3. The van der Waals surface area contributed by atoms with E-state index in [-0.39, 0.29) is 5.91 Å². The van der Waals surface area contributed by atoms with Crippen molar-refractivity contribution in [2.75, 3.05) is 0 Å². The van der Waals surface area contributed by atoms with Crippen LogP contribution >= 0.6 is 0 Å². The molecule has 9 heavy (non-hydrogen) atoms. The molecule has 0 aromatic heterocycles. The van der Waals surface area contributed by atoms with Gasteiger partial charge in [-0.3, -0.25) is 4.79 Å². The Morgan fingerprint density at radius 3 is 2.67 bits per heavy atom. The number of hydrogen-bond acceptors (Lipinski definition) is 2. The summed E-state index contributed by atoms with van der Waals surface area (Å²) in [4.78, 5) is 10.6. The summed E-state index contributed by atoms with van der Waals surface area (Å²) >= 11 is 0. The van der Waals surface area contributed by atoms with E-state index < -0.39 is 6.10 Å². The van der Waals surface area contributed by atoms with Crippen LogP contribution in [0.1, 0.15) is 19.8 Å². The van der Waals surface area contributed by atoms with Crippen molar-refractivity contribution >= 4 is 5.91 Å². The lowest BCUT2D eigenvalue weighted by Gasteiger charge is -2.03. The van der Waals surface area contributed by atoms with Crippen molar-refractivity contribution in [1.29, 1.82) is 0 Å². The normalized spacial score (nSPS) is 21.1. The summed E-state index contributed by atoms with van der Waals surface area (Å²) in [6.07, 6.45) is 1.28. The van der Waals surface area contributed by atoms with Crippen molar-refractivity contribution in [3.05, 3.63) is 0 Å². The van der Waals surface area contributed by atoms with Crippen LogP contribution in [0.4, 0.5) is 0 Å². The number of rotatable bonds is 2. The Bertz CT molecular complexity index is 118. The smallest absolute Gasteiger partial charge is 0.248 e. The van der Waals surface area contributed by atoms with Gasteiger partial charge in [-0.25, -0.2) is 0 Å². The second kappa shape index (κ2) is 2.35. The fourth-order valence-electron chi connectivity index (χ4n) is 0.549. The van der Waals surface area contributed by atoms with E-state index in [4.69, 9.17) is 5.11 Å². The highest BCUT2D eigenvalue weighted by Crippen LogP contribution is 2.18. The van der Waals surface area contributed by atoms with Gasteiger partial charge in [0.05, 0.1) is 0 Å². The highest BCUT2D eigenvalue weighted by atomic mass is 16.3. The van der Waals surface area contributed by atoms with Gasteiger partial charge in [-0.2, -0.15) is 0 Å². The second-order valence-electron chi connectivity index (χ2n) is 2.46. The molecule has 0 aliphatic heterocycles. The number of amides is 1. The summed E-state index contributed by atoms with van der Waals surface area (Å²) in [6, 6.07) is 0.354. The highest BCUT2D eigenvalue weighted by molar-refractivity contribution is 5.80. The summed E-state index contributed by atoms with van der Waals surface area (Å²) in [7, 11) is 0. The zero-order valence-electron chi connectivity index (χ0n) is 5.42. The zero-order valence-corrected chi connectivity index (χ0v) is 5.42. The van der Waals surface area contributed by atoms with Gasteiger partial charge in [0.2, 0.25) is 5.91 Å². The third-order valence-corrected chi connectivity index (χ3v) is 1.30. The minimum atomic E-state index is -0.856. The van der Waals surface area contributed by atoms with Crippen molar-refractivity contribution < 1.29 is 9.90 Å². The Labute approximate surface area is 54.1 Å². The summed E-state index contributed by atoms with van der Waals surface area (Å²) in [5.41, 5.74) is 0. The molecular formula is C6H11NO2. The molecule has 3 heteroatoms. The van der Waals surface area contributed by atoms with Crippen LogP contribution in [0.3, 0.4) is 0 Å². The quantitative estimate of drug-likeness (QED) is 0.535. The van der Waals surface area contributed by atoms with Crippen LogP contribution < -0.4 is 5.32 Å². The van der Waals surface area contributed by atoms with E-state index in [1.54, 1.807) is 0 Å². The van der Waals surface area contributed by atoms with Crippen LogP contribution in [-0.4, -0.2) is 23.2 Å². The fourth-order valence-corrected chi connectivity index (χ4v) is 0.549. The molecule has 1 saturated carbocycles. The SMILES string of the molecule is CC(O)C(=O)NC1CC1. The van der Waals surface area contributed by atoms with E-state index in [9.17, 15) is 4.79 Å². The number of aliphatic hydroxyl groups excluding tert-OH is 1. The first-order valence-electron chi connectivity index (χ1n) is 3.18. The van der Waals surface area contributed by atoms with E-state index in [1.807, 2.05) is 0 Å². The Morgan fingerprint density at radius 1 is 1.78 bits per heavy atom. The van der Waals surface area contributed by atoms with Crippen molar-refractivity contribution in [1.82, 2.24) is 5.32 Å². The van der Waals surface area contributed by atoms with Gasteiger partial charge < -0.3 is 10.4 Å². The van der Waals surface area contributed by atoms with Crippen LogP contribution in [0.15, 0.2) is 0 Å². The number of aliphatic hydroxyl groups is 1. The van der Waals surface area contributed by atoms with Gasteiger partial charge in [0, 0.05) is 6.04 Å². The molecule has 1 fully saturated rings. The molecule has 52 valence electrons. The second-order valence-corrected chi connectivity index (χ2v) is 2.46. The lowest BCUT2D eigenvalue weighted by molar-refractivity contribution is -0.128.